The van der Waals surface area contributed by atoms with E-state index < -0.39 is 13.2 Å². The maximum absolute atomic E-state index is 10.7. The van der Waals surface area contributed by atoms with Crippen molar-refractivity contribution in [3.63, 3.8) is 0 Å². The molecule has 0 aliphatic carbocycles. The third-order valence-electron chi connectivity index (χ3n) is 3.67. The van der Waals surface area contributed by atoms with E-state index in [4.69, 9.17) is 14.7 Å². The Morgan fingerprint density at radius 2 is 2.35 bits per heavy atom. The normalized spacial score (nSPS) is 15.9. The van der Waals surface area contributed by atoms with Crippen LogP contribution in [0.5, 0.6) is 11.6 Å². The first kappa shape index (κ1) is 15.2. The number of rotatable bonds is 4. The summed E-state index contributed by atoms with van der Waals surface area (Å²) in [5, 5.41) is 18.8. The minimum Gasteiger partial charge on any atom is -0.439 e. The van der Waals surface area contributed by atoms with Gasteiger partial charge in [-0.2, -0.15) is 5.26 Å². The van der Waals surface area contributed by atoms with Gasteiger partial charge < -0.3 is 19.2 Å². The van der Waals surface area contributed by atoms with E-state index in [0.29, 0.717) is 22.7 Å². The molecule has 2 heterocycles. The summed E-state index contributed by atoms with van der Waals surface area (Å²) in [6.07, 6.45) is 1.96. The Balaban J connectivity index is 1.90. The highest BCUT2D eigenvalue weighted by Gasteiger charge is 2.36. The summed E-state index contributed by atoms with van der Waals surface area (Å²) in [6.45, 7) is 1.87. The molecule has 7 heteroatoms. The number of pyridine rings is 1. The number of nitrogens with zero attached hydrogens (tertiary/aromatic N) is 2. The summed E-state index contributed by atoms with van der Waals surface area (Å²) < 4.78 is 11.1. The van der Waals surface area contributed by atoms with Crippen molar-refractivity contribution in [3.8, 4) is 17.7 Å². The lowest BCUT2D eigenvalue weighted by atomic mass is 9.77. The number of fused-ring (bicyclic) bond motifs is 1. The van der Waals surface area contributed by atoms with Crippen LogP contribution in [0.15, 0.2) is 30.5 Å². The van der Waals surface area contributed by atoms with Crippen LogP contribution in [-0.2, 0) is 9.45 Å². The topological polar surface area (TPSA) is 92.4 Å². The van der Waals surface area contributed by atoms with Crippen molar-refractivity contribution < 1.29 is 19.2 Å². The van der Waals surface area contributed by atoms with Crippen LogP contribution in [0.2, 0.25) is 0 Å². The lowest BCUT2D eigenvalue weighted by molar-refractivity contribution is -0.109. The predicted molar refractivity (Wildman–Crippen MR) is 82.3 cm³/mol. The average molecular weight is 308 g/mol. The second-order valence-electron chi connectivity index (χ2n) is 5.22. The van der Waals surface area contributed by atoms with E-state index in [-0.39, 0.29) is 6.42 Å². The molecule has 0 spiro atoms. The molecule has 114 valence electrons. The van der Waals surface area contributed by atoms with Gasteiger partial charge >= 0.3 is 7.12 Å². The molecule has 1 N–H and O–H groups in total. The Morgan fingerprint density at radius 1 is 1.52 bits per heavy atom. The Bertz CT molecular complexity index is 786. The molecule has 1 atom stereocenters. The number of aromatic nitrogens is 1. The quantitative estimate of drug-likeness (QED) is 0.678. The number of carbonyl (C=O) groups excluding carboxylic acids is 1. The van der Waals surface area contributed by atoms with Crippen molar-refractivity contribution in [2.24, 2.45) is 0 Å². The molecule has 0 saturated carbocycles. The summed E-state index contributed by atoms with van der Waals surface area (Å²) in [5.41, 5.74) is 2.74. The number of benzene rings is 1. The van der Waals surface area contributed by atoms with E-state index in [1.807, 2.05) is 13.0 Å². The van der Waals surface area contributed by atoms with Gasteiger partial charge in [-0.25, -0.2) is 4.98 Å². The van der Waals surface area contributed by atoms with Gasteiger partial charge in [-0.3, -0.25) is 0 Å². The molecule has 0 bridgehead atoms. The predicted octanol–water partition coefficient (Wildman–Crippen LogP) is 1.40. The van der Waals surface area contributed by atoms with Gasteiger partial charge in [-0.15, -0.1) is 0 Å². The van der Waals surface area contributed by atoms with Gasteiger partial charge in [-0.1, -0.05) is 0 Å². The Kier molecular flexibility index (Phi) is 4.11. The van der Waals surface area contributed by atoms with Crippen LogP contribution in [0.25, 0.3) is 0 Å². The molecule has 1 aromatic heterocycles. The summed E-state index contributed by atoms with van der Waals surface area (Å²) in [5.74, 6) is 0.856. The molecule has 0 amide bonds. The van der Waals surface area contributed by atoms with Crippen LogP contribution in [0.3, 0.4) is 0 Å². The first-order valence-corrected chi connectivity index (χ1v) is 7.08. The van der Waals surface area contributed by atoms with Crippen LogP contribution in [0, 0.1) is 18.3 Å². The number of hydrogen-bond donors (Lipinski definition) is 1. The van der Waals surface area contributed by atoms with Crippen molar-refractivity contribution >= 4 is 18.9 Å². The smallest absolute Gasteiger partial charge is 0.439 e. The summed E-state index contributed by atoms with van der Waals surface area (Å²) >= 11 is 0. The van der Waals surface area contributed by atoms with E-state index in [1.165, 1.54) is 6.20 Å². The molecule has 0 saturated heterocycles. The zero-order chi connectivity index (χ0) is 16.4. The average Bonchev–Trinajstić information content (AvgIpc) is 2.85. The van der Waals surface area contributed by atoms with Gasteiger partial charge in [0.1, 0.15) is 18.1 Å². The lowest BCUT2D eigenvalue weighted by Gasteiger charge is -2.12. The van der Waals surface area contributed by atoms with Crippen LogP contribution in [-0.4, -0.2) is 23.4 Å². The van der Waals surface area contributed by atoms with Crippen LogP contribution >= 0.6 is 0 Å². The first-order valence-electron chi connectivity index (χ1n) is 7.08. The molecule has 6 nitrogen and oxygen atoms in total. The number of aryl methyl sites for hydroxylation is 1. The zero-order valence-corrected chi connectivity index (χ0v) is 12.4. The highest BCUT2D eigenvalue weighted by atomic mass is 16.5. The van der Waals surface area contributed by atoms with Gasteiger partial charge in [0, 0.05) is 18.7 Å². The highest BCUT2D eigenvalue weighted by Crippen LogP contribution is 2.32. The van der Waals surface area contributed by atoms with Gasteiger partial charge in [0.2, 0.25) is 5.88 Å². The van der Waals surface area contributed by atoms with Gasteiger partial charge in [0.05, 0.1) is 11.7 Å². The molecule has 0 fully saturated rings. The van der Waals surface area contributed by atoms with Crippen molar-refractivity contribution in [1.29, 1.82) is 5.26 Å². The van der Waals surface area contributed by atoms with Gasteiger partial charge in [-0.05, 0) is 41.7 Å². The maximum atomic E-state index is 10.7. The molecule has 1 unspecified atom stereocenters. The minimum atomic E-state index is -1.08. The molecule has 23 heavy (non-hydrogen) atoms. The van der Waals surface area contributed by atoms with Gasteiger partial charge in [0.25, 0.3) is 0 Å². The van der Waals surface area contributed by atoms with E-state index >= 15 is 0 Å². The minimum absolute atomic E-state index is 0.197. The second-order valence-corrected chi connectivity index (χ2v) is 5.22. The fourth-order valence-corrected chi connectivity index (χ4v) is 2.68. The maximum Gasteiger partial charge on any atom is 0.492 e. The number of ether oxygens (including phenoxy) is 1. The van der Waals surface area contributed by atoms with E-state index in [2.05, 4.69) is 4.98 Å². The van der Waals surface area contributed by atoms with Crippen LogP contribution < -0.4 is 10.2 Å². The SMILES string of the molecule is Cc1cc(Oc2ccc(C#N)cn2)cc2c1C(CC=O)OB2O. The van der Waals surface area contributed by atoms with E-state index in [1.54, 1.807) is 24.3 Å². The second kappa shape index (κ2) is 6.20. The molecule has 0 radical (unpaired) electrons. The first-order chi connectivity index (χ1) is 11.1. The molecule has 1 aliphatic rings. The van der Waals surface area contributed by atoms with E-state index in [0.717, 1.165) is 17.4 Å². The highest BCUT2D eigenvalue weighted by molar-refractivity contribution is 6.62. The molecule has 3 rings (SSSR count). The fraction of sp³-hybridized carbons (Fsp3) is 0.188. The Morgan fingerprint density at radius 3 is 3.00 bits per heavy atom. The Hall–Kier alpha value is -2.69. The van der Waals surface area contributed by atoms with Crippen molar-refractivity contribution in [2.45, 2.75) is 19.4 Å². The summed E-state index contributed by atoms with van der Waals surface area (Å²) in [7, 11) is -1.08. The number of aldehydes is 1. The largest absolute Gasteiger partial charge is 0.492 e. The molecular formula is C16H13BN2O4. The monoisotopic (exact) mass is 308 g/mol. The molecule has 2 aromatic rings. The summed E-state index contributed by atoms with van der Waals surface area (Å²) in [6, 6.07) is 8.68. The van der Waals surface area contributed by atoms with Crippen molar-refractivity contribution in [2.75, 3.05) is 0 Å². The van der Waals surface area contributed by atoms with E-state index in [9.17, 15) is 9.82 Å². The molecular weight excluding hydrogens is 295 g/mol. The third kappa shape index (κ3) is 2.95. The number of hydrogen-bond acceptors (Lipinski definition) is 6. The summed E-state index contributed by atoms with van der Waals surface area (Å²) in [4.78, 5) is 14.8. The molecule has 1 aliphatic heterocycles. The van der Waals surface area contributed by atoms with Crippen molar-refractivity contribution in [3.05, 3.63) is 47.2 Å². The van der Waals surface area contributed by atoms with Crippen LogP contribution in [0.1, 0.15) is 29.2 Å². The fourth-order valence-electron chi connectivity index (χ4n) is 2.68. The number of nitriles is 1. The Labute approximate surface area is 133 Å². The van der Waals surface area contributed by atoms with Crippen LogP contribution in [0.4, 0.5) is 0 Å². The zero-order valence-electron chi connectivity index (χ0n) is 12.4. The standard InChI is InChI=1S/C16H13BN2O4/c1-10-6-12(22-15-3-2-11(8-18)9-19-15)7-13-16(10)14(4-5-20)23-17(13)21/h2-3,5-7,9,14,21H,4H2,1H3. The van der Waals surface area contributed by atoms with Gasteiger partial charge in [0.15, 0.2) is 0 Å². The third-order valence-corrected chi connectivity index (χ3v) is 3.67. The lowest BCUT2D eigenvalue weighted by Crippen LogP contribution is -2.28. The van der Waals surface area contributed by atoms with Crippen molar-refractivity contribution in [1.82, 2.24) is 4.98 Å². The molecule has 1 aromatic carbocycles. The number of carbonyl (C=O) groups is 1.